The van der Waals surface area contributed by atoms with E-state index in [1.807, 2.05) is 60.7 Å². The molecule has 0 saturated carbocycles. The number of anilines is 6. The van der Waals surface area contributed by atoms with Gasteiger partial charge in [0.2, 0.25) is 17.9 Å². The van der Waals surface area contributed by atoms with E-state index >= 15 is 0 Å². The van der Waals surface area contributed by atoms with E-state index in [2.05, 4.69) is 204 Å². The van der Waals surface area contributed by atoms with Gasteiger partial charge < -0.3 is 14.2 Å². The molecule has 11 aromatic rings. The zero-order valence-corrected chi connectivity index (χ0v) is 42.3. The molecule has 10 nitrogen and oxygen atoms in total. The first-order chi connectivity index (χ1) is 39.1. The molecule has 0 bridgehead atoms. The van der Waals surface area contributed by atoms with Crippen LogP contribution in [0.5, 0.6) is 0 Å². The van der Waals surface area contributed by atoms with Crippen molar-refractivity contribution < 1.29 is 4.42 Å². The van der Waals surface area contributed by atoms with Crippen LogP contribution in [-0.2, 0) is 0 Å². The van der Waals surface area contributed by atoms with E-state index in [4.69, 9.17) is 34.4 Å². The van der Waals surface area contributed by atoms with E-state index in [-0.39, 0.29) is 6.71 Å². The Labute approximate surface area is 455 Å². The quantitative estimate of drug-likeness (QED) is 0.142. The third-order valence-electron chi connectivity index (χ3n) is 15.3. The third-order valence-corrected chi connectivity index (χ3v) is 15.3. The number of aliphatic imine (C=N–C) groups is 6. The van der Waals surface area contributed by atoms with Gasteiger partial charge in [0.15, 0.2) is 17.5 Å². The van der Waals surface area contributed by atoms with E-state index in [9.17, 15) is 0 Å². The molecule has 0 N–H and O–H groups in total. The Kier molecular flexibility index (Phi) is 10.1. The number of furan rings is 1. The zero-order chi connectivity index (χ0) is 52.0. The van der Waals surface area contributed by atoms with Crippen LogP contribution in [0.2, 0.25) is 0 Å². The highest BCUT2D eigenvalue weighted by Gasteiger charge is 2.48. The van der Waals surface area contributed by atoms with E-state index in [0.29, 0.717) is 35.4 Å². The summed E-state index contributed by atoms with van der Waals surface area (Å²) in [5, 5.41) is 1.01. The summed E-state index contributed by atoms with van der Waals surface area (Å²) in [7, 11) is 0. The van der Waals surface area contributed by atoms with Gasteiger partial charge in [-0.3, -0.25) is 0 Å². The van der Waals surface area contributed by atoms with Gasteiger partial charge in [-0.25, -0.2) is 4.90 Å². The van der Waals surface area contributed by atoms with E-state index in [0.717, 1.165) is 112 Å². The number of guanidine groups is 3. The number of rotatable bonds is 8. The molecule has 0 unspecified atom stereocenters. The van der Waals surface area contributed by atoms with Crippen molar-refractivity contribution in [1.29, 1.82) is 0 Å². The highest BCUT2D eigenvalue weighted by atomic mass is 16.3. The van der Waals surface area contributed by atoms with Crippen molar-refractivity contribution >= 4 is 104 Å². The molecular formula is C68H42BN9O. The van der Waals surface area contributed by atoms with Gasteiger partial charge in [0.1, 0.15) is 5.58 Å². The van der Waals surface area contributed by atoms with Crippen LogP contribution >= 0.6 is 0 Å². The lowest BCUT2D eigenvalue weighted by atomic mass is 9.35. The van der Waals surface area contributed by atoms with Gasteiger partial charge in [0.25, 0.3) is 6.71 Å². The normalized spacial score (nSPS) is 14.7. The highest BCUT2D eigenvalue weighted by molar-refractivity contribution is 7.00. The Bertz CT molecular complexity index is 4420. The van der Waals surface area contributed by atoms with Gasteiger partial charge in [-0.15, -0.1) is 0 Å². The van der Waals surface area contributed by atoms with Crippen molar-refractivity contribution in [2.24, 2.45) is 30.0 Å². The maximum Gasteiger partial charge on any atom is 0.297 e. The topological polar surface area (TPSA) is 97.0 Å². The summed E-state index contributed by atoms with van der Waals surface area (Å²) in [4.78, 5) is 37.6. The SMILES string of the molecule is c1ccc(C2=NC3=NC(c4ccccc4)=NC4=NC(c5cc6c7c(c5)N(c5ccc(-c8ccccc8)cc5)c5c(oc8ccccc58)B7c5cc(-c7ccccc7)ccc5N6c5ccc(-c6ccccc6)cc5)=NC(=N2)N34)cc1. The summed E-state index contributed by atoms with van der Waals surface area (Å²) >= 11 is 0. The minimum absolute atomic E-state index is 0.322. The molecule has 0 atom stereocenters. The summed E-state index contributed by atoms with van der Waals surface area (Å²) in [6.45, 7) is -0.322. The fourth-order valence-corrected chi connectivity index (χ4v) is 11.6. The first-order valence-corrected chi connectivity index (χ1v) is 26.4. The van der Waals surface area contributed by atoms with Gasteiger partial charge >= 0.3 is 0 Å². The number of amidine groups is 3. The van der Waals surface area contributed by atoms with Crippen LogP contribution in [0.25, 0.3) is 44.3 Å². The van der Waals surface area contributed by atoms with Crippen molar-refractivity contribution in [2.75, 3.05) is 9.80 Å². The van der Waals surface area contributed by atoms with Crippen LogP contribution in [0.4, 0.5) is 34.1 Å². The first kappa shape index (κ1) is 44.5. The molecule has 6 heterocycles. The highest BCUT2D eigenvalue weighted by Crippen LogP contribution is 2.48. The Hall–Kier alpha value is -10.8. The molecule has 368 valence electrons. The number of para-hydroxylation sites is 1. The van der Waals surface area contributed by atoms with Crippen molar-refractivity contribution in [1.82, 2.24) is 4.90 Å². The molecule has 16 rings (SSSR count). The second kappa shape index (κ2) is 17.9. The van der Waals surface area contributed by atoms with Crippen LogP contribution in [0.1, 0.15) is 16.7 Å². The molecule has 0 amide bonds. The molecule has 0 saturated heterocycles. The number of benzene rings is 10. The Balaban J connectivity index is 0.976. The van der Waals surface area contributed by atoms with Crippen LogP contribution < -0.4 is 26.4 Å². The van der Waals surface area contributed by atoms with Gasteiger partial charge in [-0.05, 0) is 98.9 Å². The number of fused-ring (bicyclic) bond motifs is 6. The number of hydrogen-bond donors (Lipinski definition) is 0. The minimum atomic E-state index is -0.322. The molecule has 0 fully saturated rings. The predicted octanol–water partition coefficient (Wildman–Crippen LogP) is 13.6. The second-order valence-electron chi connectivity index (χ2n) is 19.9. The fourth-order valence-electron chi connectivity index (χ4n) is 11.6. The van der Waals surface area contributed by atoms with Crippen LogP contribution in [0.3, 0.4) is 0 Å². The fraction of sp³-hybridized carbons (Fsp3) is 0. The molecule has 10 aromatic carbocycles. The van der Waals surface area contributed by atoms with Crippen LogP contribution in [0.15, 0.2) is 289 Å². The van der Waals surface area contributed by atoms with E-state index < -0.39 is 0 Å². The predicted molar refractivity (Wildman–Crippen MR) is 323 cm³/mol. The maximum absolute atomic E-state index is 7.27. The third kappa shape index (κ3) is 7.35. The molecule has 0 radical (unpaired) electrons. The Morgan fingerprint density at radius 2 is 0.709 bits per heavy atom. The molecule has 0 aliphatic carbocycles. The second-order valence-corrected chi connectivity index (χ2v) is 19.9. The average molecular weight is 1010 g/mol. The lowest BCUT2D eigenvalue weighted by Gasteiger charge is -2.43. The smallest absolute Gasteiger partial charge is 0.297 e. The Morgan fingerprint density at radius 3 is 1.23 bits per heavy atom. The van der Waals surface area contributed by atoms with E-state index in [1.165, 1.54) is 0 Å². The van der Waals surface area contributed by atoms with Gasteiger partial charge in [0, 0.05) is 50.5 Å². The van der Waals surface area contributed by atoms with Gasteiger partial charge in [0.05, 0.1) is 11.3 Å². The molecule has 1 aromatic heterocycles. The average Bonchev–Trinajstić information content (AvgIpc) is 3.84. The lowest BCUT2D eigenvalue weighted by molar-refractivity contribution is 0.651. The summed E-state index contributed by atoms with van der Waals surface area (Å²) in [5.41, 5.74) is 19.0. The molecule has 79 heavy (non-hydrogen) atoms. The van der Waals surface area contributed by atoms with Crippen molar-refractivity contribution in [3.05, 3.63) is 271 Å². The molecule has 11 heteroatoms. The van der Waals surface area contributed by atoms with Crippen LogP contribution in [0, 0.1) is 0 Å². The Morgan fingerprint density at radius 1 is 0.304 bits per heavy atom. The zero-order valence-electron chi connectivity index (χ0n) is 42.3. The molecule has 0 spiro atoms. The largest absolute Gasteiger partial charge is 0.468 e. The van der Waals surface area contributed by atoms with E-state index in [1.54, 1.807) is 4.90 Å². The van der Waals surface area contributed by atoms with Crippen molar-refractivity contribution in [2.45, 2.75) is 0 Å². The van der Waals surface area contributed by atoms with Gasteiger partial charge in [-0.2, -0.15) is 30.0 Å². The maximum atomic E-state index is 7.27. The number of nitrogens with zero attached hydrogens (tertiary/aromatic N) is 9. The van der Waals surface area contributed by atoms with Crippen molar-refractivity contribution in [3.8, 4) is 33.4 Å². The summed E-state index contributed by atoms with van der Waals surface area (Å²) in [5.74, 6) is 2.57. The summed E-state index contributed by atoms with van der Waals surface area (Å²) < 4.78 is 7.27. The summed E-state index contributed by atoms with van der Waals surface area (Å²) in [6, 6.07) is 89.0. The standard InChI is InChI=1S/C68H42BN9O/c1-6-18-43(19-7-1)46-30-35-52(36-31-46)76-56-39-34-50(45-22-10-3-11-23-45)40-55(56)69-60-57(76)41-51(42-58(60)77(61-54-28-16-17-29-59(54)79-62(61)69)53-37-32-47(33-38-53)44-20-8-2-9-21-44)65-74-67-72-63(48-24-12-4-13-25-48)70-66-71-64(49-26-14-5-15-27-49)73-68(75-65)78(66)67/h1-42H. The molecular weight excluding hydrogens is 970 g/mol. The van der Waals surface area contributed by atoms with Crippen molar-refractivity contribution in [3.63, 3.8) is 0 Å². The molecule has 5 aliphatic rings. The summed E-state index contributed by atoms with van der Waals surface area (Å²) in [6.07, 6.45) is 0. The first-order valence-electron chi connectivity index (χ1n) is 26.4. The minimum Gasteiger partial charge on any atom is -0.468 e. The number of hydrogen-bond acceptors (Lipinski definition) is 10. The van der Waals surface area contributed by atoms with Crippen LogP contribution in [-0.4, -0.2) is 47.0 Å². The van der Waals surface area contributed by atoms with Gasteiger partial charge in [-0.1, -0.05) is 200 Å². The lowest BCUT2D eigenvalue weighted by Crippen LogP contribution is -2.61. The monoisotopic (exact) mass is 1010 g/mol. The molecule has 5 aliphatic heterocycles.